The number of ether oxygens (including phenoxy) is 1. The molecule has 10 heteroatoms. The minimum absolute atomic E-state index is 0.00110. The number of carbonyl (C=O) groups excluding carboxylic acids is 1. The SMILES string of the molecule is COc1ccc(S(=O)(=O)NC2CC2)cc1NCC(=O)Nc1cc(Cl)cc(Cl)c1. The highest BCUT2D eigenvalue weighted by Gasteiger charge is 2.28. The molecule has 150 valence electrons. The van der Waals surface area contributed by atoms with Gasteiger partial charge in [0.25, 0.3) is 0 Å². The maximum atomic E-state index is 12.4. The van der Waals surface area contributed by atoms with Crippen molar-refractivity contribution in [2.45, 2.75) is 23.8 Å². The highest BCUT2D eigenvalue weighted by molar-refractivity contribution is 7.89. The number of halogens is 2. The third-order valence-electron chi connectivity index (χ3n) is 3.97. The Morgan fingerprint density at radius 3 is 2.43 bits per heavy atom. The van der Waals surface area contributed by atoms with Crippen molar-refractivity contribution in [1.82, 2.24) is 4.72 Å². The summed E-state index contributed by atoms with van der Waals surface area (Å²) in [7, 11) is -2.15. The zero-order valence-electron chi connectivity index (χ0n) is 15.0. The Kier molecular flexibility index (Phi) is 6.34. The summed E-state index contributed by atoms with van der Waals surface area (Å²) >= 11 is 11.8. The number of hydrogen-bond donors (Lipinski definition) is 3. The van der Waals surface area contributed by atoms with E-state index in [1.807, 2.05) is 0 Å². The summed E-state index contributed by atoms with van der Waals surface area (Å²) in [6.45, 7) is -0.111. The van der Waals surface area contributed by atoms with Crippen molar-refractivity contribution in [1.29, 1.82) is 0 Å². The highest BCUT2D eigenvalue weighted by Crippen LogP contribution is 2.29. The number of sulfonamides is 1. The number of methoxy groups -OCH3 is 1. The molecule has 1 fully saturated rings. The van der Waals surface area contributed by atoms with Crippen molar-refractivity contribution in [2.75, 3.05) is 24.3 Å². The molecule has 28 heavy (non-hydrogen) atoms. The van der Waals surface area contributed by atoms with E-state index in [-0.39, 0.29) is 23.4 Å². The van der Waals surface area contributed by atoms with Crippen molar-refractivity contribution in [3.05, 3.63) is 46.4 Å². The van der Waals surface area contributed by atoms with Gasteiger partial charge in [-0.1, -0.05) is 23.2 Å². The predicted octanol–water partition coefficient (Wildman–Crippen LogP) is 3.49. The van der Waals surface area contributed by atoms with Crippen LogP contribution in [0.1, 0.15) is 12.8 Å². The second kappa shape index (κ2) is 8.57. The Balaban J connectivity index is 1.70. The Morgan fingerprint density at radius 1 is 1.14 bits per heavy atom. The number of rotatable bonds is 8. The zero-order valence-corrected chi connectivity index (χ0v) is 17.3. The van der Waals surface area contributed by atoms with Crippen LogP contribution < -0.4 is 20.1 Å². The first-order valence-corrected chi connectivity index (χ1v) is 10.7. The van der Waals surface area contributed by atoms with Crippen LogP contribution in [0.5, 0.6) is 5.75 Å². The van der Waals surface area contributed by atoms with Gasteiger partial charge in [-0.25, -0.2) is 13.1 Å². The van der Waals surface area contributed by atoms with E-state index in [2.05, 4.69) is 15.4 Å². The van der Waals surface area contributed by atoms with Crippen molar-refractivity contribution < 1.29 is 17.9 Å². The molecule has 1 aliphatic carbocycles. The summed E-state index contributed by atoms with van der Waals surface area (Å²) in [6.07, 6.45) is 1.68. The Morgan fingerprint density at radius 2 is 1.82 bits per heavy atom. The molecule has 1 aliphatic rings. The topological polar surface area (TPSA) is 96.5 Å². The molecule has 0 radical (unpaired) electrons. The van der Waals surface area contributed by atoms with E-state index in [1.54, 1.807) is 24.3 Å². The van der Waals surface area contributed by atoms with Gasteiger partial charge in [-0.05, 0) is 49.2 Å². The molecule has 3 rings (SSSR count). The van der Waals surface area contributed by atoms with Crippen molar-refractivity contribution in [3.63, 3.8) is 0 Å². The first-order valence-electron chi connectivity index (χ1n) is 8.47. The van der Waals surface area contributed by atoms with Gasteiger partial charge in [0.1, 0.15) is 5.75 Å². The summed E-state index contributed by atoms with van der Waals surface area (Å²) in [5.41, 5.74) is 0.849. The molecule has 2 aromatic carbocycles. The van der Waals surface area contributed by atoms with Gasteiger partial charge in [0.2, 0.25) is 15.9 Å². The summed E-state index contributed by atoms with van der Waals surface area (Å²) in [4.78, 5) is 12.3. The Bertz CT molecular complexity index is 974. The summed E-state index contributed by atoms with van der Waals surface area (Å²) < 4.78 is 32.6. The number of benzene rings is 2. The third-order valence-corrected chi connectivity index (χ3v) is 5.92. The fourth-order valence-corrected chi connectivity index (χ4v) is 4.34. The lowest BCUT2D eigenvalue weighted by molar-refractivity contribution is -0.114. The average Bonchev–Trinajstić information content (AvgIpc) is 3.42. The molecular weight excluding hydrogens is 425 g/mol. The van der Waals surface area contributed by atoms with Gasteiger partial charge in [0.15, 0.2) is 0 Å². The van der Waals surface area contributed by atoms with E-state index in [0.717, 1.165) is 12.8 Å². The quantitative estimate of drug-likeness (QED) is 0.579. The first kappa shape index (κ1) is 20.7. The van der Waals surface area contributed by atoms with Crippen LogP contribution in [0.2, 0.25) is 10.0 Å². The van der Waals surface area contributed by atoms with E-state index >= 15 is 0 Å². The van der Waals surface area contributed by atoms with Crippen LogP contribution in [0.25, 0.3) is 0 Å². The average molecular weight is 444 g/mol. The van der Waals surface area contributed by atoms with Crippen LogP contribution in [0.4, 0.5) is 11.4 Å². The van der Waals surface area contributed by atoms with Crippen LogP contribution in [0, 0.1) is 0 Å². The largest absolute Gasteiger partial charge is 0.495 e. The molecule has 0 saturated heterocycles. The first-order chi connectivity index (χ1) is 13.3. The molecule has 0 heterocycles. The zero-order chi connectivity index (χ0) is 20.3. The van der Waals surface area contributed by atoms with Gasteiger partial charge >= 0.3 is 0 Å². The fraction of sp³-hybridized carbons (Fsp3) is 0.278. The maximum absolute atomic E-state index is 12.4. The molecule has 0 bridgehead atoms. The number of nitrogens with one attached hydrogen (secondary N) is 3. The van der Waals surface area contributed by atoms with Gasteiger partial charge in [-0.15, -0.1) is 0 Å². The van der Waals surface area contributed by atoms with E-state index in [0.29, 0.717) is 27.2 Å². The Labute approximate surface area is 173 Å². The van der Waals surface area contributed by atoms with Crippen molar-refractivity contribution in [3.8, 4) is 5.75 Å². The minimum atomic E-state index is -3.62. The lowest BCUT2D eigenvalue weighted by Crippen LogP contribution is -2.26. The van der Waals surface area contributed by atoms with Crippen LogP contribution in [-0.4, -0.2) is 34.0 Å². The monoisotopic (exact) mass is 443 g/mol. The van der Waals surface area contributed by atoms with Crippen molar-refractivity contribution >= 4 is 50.5 Å². The Hall–Kier alpha value is -2.00. The number of carbonyl (C=O) groups is 1. The van der Waals surface area contributed by atoms with Crippen LogP contribution in [-0.2, 0) is 14.8 Å². The van der Waals surface area contributed by atoms with Gasteiger partial charge in [0, 0.05) is 21.8 Å². The maximum Gasteiger partial charge on any atom is 0.243 e. The molecule has 0 aromatic heterocycles. The van der Waals surface area contributed by atoms with Crippen LogP contribution in [0.3, 0.4) is 0 Å². The number of amides is 1. The molecular formula is C18H19Cl2N3O4S. The second-order valence-electron chi connectivity index (χ2n) is 6.32. The molecule has 0 spiro atoms. The van der Waals surface area contributed by atoms with Gasteiger partial charge < -0.3 is 15.4 Å². The van der Waals surface area contributed by atoms with Crippen LogP contribution >= 0.6 is 23.2 Å². The van der Waals surface area contributed by atoms with E-state index in [9.17, 15) is 13.2 Å². The predicted molar refractivity (Wildman–Crippen MR) is 110 cm³/mol. The minimum Gasteiger partial charge on any atom is -0.495 e. The molecule has 0 unspecified atom stereocenters. The second-order valence-corrected chi connectivity index (χ2v) is 8.90. The number of anilines is 2. The lowest BCUT2D eigenvalue weighted by atomic mass is 10.3. The summed E-state index contributed by atoms with van der Waals surface area (Å²) in [6, 6.07) is 9.14. The molecule has 1 saturated carbocycles. The van der Waals surface area contributed by atoms with Gasteiger partial charge in [-0.3, -0.25) is 4.79 Å². The van der Waals surface area contributed by atoms with Gasteiger partial charge in [-0.2, -0.15) is 0 Å². The molecule has 3 N–H and O–H groups in total. The van der Waals surface area contributed by atoms with Crippen molar-refractivity contribution in [2.24, 2.45) is 0 Å². The third kappa shape index (κ3) is 5.51. The van der Waals surface area contributed by atoms with E-state index < -0.39 is 10.0 Å². The lowest BCUT2D eigenvalue weighted by Gasteiger charge is -2.14. The fourth-order valence-electron chi connectivity index (χ4n) is 2.49. The number of hydrogen-bond acceptors (Lipinski definition) is 5. The molecule has 0 atom stereocenters. The van der Waals surface area contributed by atoms with E-state index in [1.165, 1.54) is 19.2 Å². The van der Waals surface area contributed by atoms with E-state index in [4.69, 9.17) is 27.9 Å². The molecule has 1 amide bonds. The smallest absolute Gasteiger partial charge is 0.243 e. The standard InChI is InChI=1S/C18H19Cl2N3O4S/c1-27-17-5-4-15(28(25,26)23-13-2-3-13)9-16(17)21-10-18(24)22-14-7-11(19)6-12(20)8-14/h4-9,13,21,23H,2-3,10H2,1H3,(H,22,24). The molecule has 2 aromatic rings. The molecule has 7 nitrogen and oxygen atoms in total. The van der Waals surface area contributed by atoms with Crippen LogP contribution in [0.15, 0.2) is 41.3 Å². The van der Waals surface area contributed by atoms with Gasteiger partial charge in [0.05, 0.1) is 24.2 Å². The summed E-state index contributed by atoms with van der Waals surface area (Å²) in [5.74, 6) is 0.0636. The highest BCUT2D eigenvalue weighted by atomic mass is 35.5. The molecule has 0 aliphatic heterocycles. The normalized spacial score (nSPS) is 13.8. The summed E-state index contributed by atoms with van der Waals surface area (Å²) in [5, 5.41) is 6.37.